The second-order valence-electron chi connectivity index (χ2n) is 4.96. The van der Waals surface area contributed by atoms with Crippen molar-refractivity contribution in [2.24, 2.45) is 0 Å². The predicted octanol–water partition coefficient (Wildman–Crippen LogP) is 3.11. The highest BCUT2D eigenvalue weighted by atomic mass is 16.5. The Hall–Kier alpha value is -2.20. The van der Waals surface area contributed by atoms with Gasteiger partial charge in [0.1, 0.15) is 11.5 Å². The lowest BCUT2D eigenvalue weighted by molar-refractivity contribution is 0.299. The standard InChI is InChI=1S/C17H21NO3/c1-12(16-11-15(21-2)7-8-17(16)20)18-14-5-3-13(4-6-14)9-10-19/h3-8,11-12,18-20H,9-10H2,1-2H3. The fraction of sp³-hybridized carbons (Fsp3) is 0.294. The van der Waals surface area contributed by atoms with E-state index in [0.29, 0.717) is 6.42 Å². The van der Waals surface area contributed by atoms with Crippen molar-refractivity contribution >= 4 is 5.69 Å². The minimum atomic E-state index is -0.0520. The van der Waals surface area contributed by atoms with Crippen molar-refractivity contribution < 1.29 is 14.9 Å². The average molecular weight is 287 g/mol. The number of methoxy groups -OCH3 is 1. The van der Waals surface area contributed by atoms with E-state index in [0.717, 1.165) is 22.6 Å². The molecule has 0 heterocycles. The van der Waals surface area contributed by atoms with E-state index in [9.17, 15) is 5.11 Å². The van der Waals surface area contributed by atoms with Crippen LogP contribution >= 0.6 is 0 Å². The number of benzene rings is 2. The lowest BCUT2D eigenvalue weighted by Crippen LogP contribution is -2.07. The number of aliphatic hydroxyl groups is 1. The second-order valence-corrected chi connectivity index (χ2v) is 4.96. The molecule has 0 amide bonds. The van der Waals surface area contributed by atoms with Crippen molar-refractivity contribution in [3.8, 4) is 11.5 Å². The highest BCUT2D eigenvalue weighted by molar-refractivity contribution is 5.49. The summed E-state index contributed by atoms with van der Waals surface area (Å²) < 4.78 is 5.19. The summed E-state index contributed by atoms with van der Waals surface area (Å²) in [5.74, 6) is 0.961. The zero-order valence-electron chi connectivity index (χ0n) is 12.3. The Morgan fingerprint density at radius 1 is 1.14 bits per heavy atom. The van der Waals surface area contributed by atoms with Gasteiger partial charge in [0.2, 0.25) is 0 Å². The number of hydrogen-bond acceptors (Lipinski definition) is 4. The SMILES string of the molecule is COc1ccc(O)c(C(C)Nc2ccc(CCO)cc2)c1. The Bertz CT molecular complexity index is 581. The van der Waals surface area contributed by atoms with Gasteiger partial charge in [0.05, 0.1) is 13.2 Å². The van der Waals surface area contributed by atoms with Crippen LogP contribution in [0.5, 0.6) is 11.5 Å². The number of nitrogens with one attached hydrogen (secondary N) is 1. The van der Waals surface area contributed by atoms with Crippen LogP contribution in [0.3, 0.4) is 0 Å². The van der Waals surface area contributed by atoms with Gasteiger partial charge in [0.15, 0.2) is 0 Å². The van der Waals surface area contributed by atoms with Gasteiger partial charge in [-0.15, -0.1) is 0 Å². The molecule has 2 aromatic rings. The molecule has 0 aliphatic rings. The average Bonchev–Trinajstić information content (AvgIpc) is 2.50. The van der Waals surface area contributed by atoms with Crippen molar-refractivity contribution in [1.82, 2.24) is 0 Å². The Balaban J connectivity index is 2.11. The summed E-state index contributed by atoms with van der Waals surface area (Å²) in [7, 11) is 1.61. The molecule has 3 N–H and O–H groups in total. The maximum absolute atomic E-state index is 9.97. The van der Waals surface area contributed by atoms with Crippen LogP contribution in [-0.2, 0) is 6.42 Å². The van der Waals surface area contributed by atoms with Crippen LogP contribution in [0, 0.1) is 0 Å². The number of anilines is 1. The minimum Gasteiger partial charge on any atom is -0.508 e. The minimum absolute atomic E-state index is 0.0520. The van der Waals surface area contributed by atoms with Crippen LogP contribution in [0.1, 0.15) is 24.1 Å². The van der Waals surface area contributed by atoms with Crippen molar-refractivity contribution in [2.75, 3.05) is 19.0 Å². The highest BCUT2D eigenvalue weighted by Gasteiger charge is 2.11. The molecule has 0 saturated heterocycles. The molecule has 1 unspecified atom stereocenters. The number of hydrogen-bond donors (Lipinski definition) is 3. The largest absolute Gasteiger partial charge is 0.508 e. The van der Waals surface area contributed by atoms with E-state index < -0.39 is 0 Å². The summed E-state index contributed by atoms with van der Waals surface area (Å²) in [4.78, 5) is 0. The first-order chi connectivity index (χ1) is 10.1. The van der Waals surface area contributed by atoms with E-state index in [-0.39, 0.29) is 18.4 Å². The van der Waals surface area contributed by atoms with E-state index >= 15 is 0 Å². The summed E-state index contributed by atoms with van der Waals surface area (Å²) in [6.07, 6.45) is 0.659. The molecule has 0 fully saturated rings. The van der Waals surface area contributed by atoms with Gasteiger partial charge in [-0.25, -0.2) is 0 Å². The fourth-order valence-electron chi connectivity index (χ4n) is 2.23. The van der Waals surface area contributed by atoms with Gasteiger partial charge < -0.3 is 20.3 Å². The topological polar surface area (TPSA) is 61.7 Å². The number of aromatic hydroxyl groups is 1. The number of aliphatic hydroxyl groups excluding tert-OH is 1. The third-order valence-electron chi connectivity index (χ3n) is 3.44. The molecule has 0 aromatic heterocycles. The van der Waals surface area contributed by atoms with Crippen LogP contribution in [0.2, 0.25) is 0 Å². The van der Waals surface area contributed by atoms with Crippen LogP contribution < -0.4 is 10.1 Å². The molecule has 4 nitrogen and oxygen atoms in total. The highest BCUT2D eigenvalue weighted by Crippen LogP contribution is 2.30. The third kappa shape index (κ3) is 3.89. The zero-order chi connectivity index (χ0) is 15.2. The first kappa shape index (κ1) is 15.2. The Labute approximate surface area is 125 Å². The summed E-state index contributed by atoms with van der Waals surface area (Å²) in [6.45, 7) is 2.14. The molecule has 112 valence electrons. The summed E-state index contributed by atoms with van der Waals surface area (Å²) in [6, 6.07) is 13.0. The number of phenolic OH excluding ortho intramolecular Hbond substituents is 1. The summed E-state index contributed by atoms with van der Waals surface area (Å²) >= 11 is 0. The molecule has 2 aromatic carbocycles. The van der Waals surface area contributed by atoms with Crippen LogP contribution in [0.25, 0.3) is 0 Å². The number of rotatable bonds is 6. The number of ether oxygens (including phenoxy) is 1. The van der Waals surface area contributed by atoms with Gasteiger partial charge in [-0.3, -0.25) is 0 Å². The summed E-state index contributed by atoms with van der Waals surface area (Å²) in [5, 5.41) is 22.2. The molecule has 21 heavy (non-hydrogen) atoms. The molecule has 2 rings (SSSR count). The van der Waals surface area contributed by atoms with Crippen molar-refractivity contribution in [3.63, 3.8) is 0 Å². The van der Waals surface area contributed by atoms with Crippen LogP contribution in [0.4, 0.5) is 5.69 Å². The smallest absolute Gasteiger partial charge is 0.121 e. The first-order valence-corrected chi connectivity index (χ1v) is 6.97. The monoisotopic (exact) mass is 287 g/mol. The fourth-order valence-corrected chi connectivity index (χ4v) is 2.23. The quantitative estimate of drug-likeness (QED) is 0.764. The second kappa shape index (κ2) is 6.99. The molecule has 0 aliphatic carbocycles. The molecule has 0 radical (unpaired) electrons. The molecular formula is C17H21NO3. The lowest BCUT2D eigenvalue weighted by atomic mass is 10.1. The predicted molar refractivity (Wildman–Crippen MR) is 83.9 cm³/mol. The van der Waals surface area contributed by atoms with E-state index in [1.165, 1.54) is 0 Å². The van der Waals surface area contributed by atoms with Crippen LogP contribution in [0.15, 0.2) is 42.5 Å². The zero-order valence-corrected chi connectivity index (χ0v) is 12.3. The number of phenols is 1. The van der Waals surface area contributed by atoms with E-state index in [1.807, 2.05) is 37.3 Å². The molecule has 0 spiro atoms. The molecule has 1 atom stereocenters. The Morgan fingerprint density at radius 3 is 2.48 bits per heavy atom. The van der Waals surface area contributed by atoms with Gasteiger partial charge in [-0.1, -0.05) is 12.1 Å². The van der Waals surface area contributed by atoms with Crippen LogP contribution in [-0.4, -0.2) is 23.9 Å². The van der Waals surface area contributed by atoms with Gasteiger partial charge >= 0.3 is 0 Å². The molecule has 0 bridgehead atoms. The van der Waals surface area contributed by atoms with Crippen molar-refractivity contribution in [1.29, 1.82) is 0 Å². The van der Waals surface area contributed by atoms with E-state index in [2.05, 4.69) is 5.32 Å². The molecule has 4 heteroatoms. The maximum Gasteiger partial charge on any atom is 0.121 e. The normalized spacial score (nSPS) is 12.0. The van der Waals surface area contributed by atoms with Gasteiger partial charge in [0.25, 0.3) is 0 Å². The molecule has 0 saturated carbocycles. The van der Waals surface area contributed by atoms with Crippen molar-refractivity contribution in [3.05, 3.63) is 53.6 Å². The Morgan fingerprint density at radius 2 is 1.86 bits per heavy atom. The Kier molecular flexibility index (Phi) is 5.06. The maximum atomic E-state index is 9.97. The molecular weight excluding hydrogens is 266 g/mol. The van der Waals surface area contributed by atoms with Crippen molar-refractivity contribution in [2.45, 2.75) is 19.4 Å². The summed E-state index contributed by atoms with van der Waals surface area (Å²) in [5.41, 5.74) is 2.85. The van der Waals surface area contributed by atoms with Gasteiger partial charge in [0, 0.05) is 17.9 Å². The van der Waals surface area contributed by atoms with E-state index in [1.54, 1.807) is 19.2 Å². The third-order valence-corrected chi connectivity index (χ3v) is 3.44. The lowest BCUT2D eigenvalue weighted by Gasteiger charge is -2.18. The molecule has 0 aliphatic heterocycles. The van der Waals surface area contributed by atoms with E-state index in [4.69, 9.17) is 9.84 Å². The first-order valence-electron chi connectivity index (χ1n) is 6.97. The van der Waals surface area contributed by atoms with Gasteiger partial charge in [-0.05, 0) is 49.2 Å². The van der Waals surface area contributed by atoms with Gasteiger partial charge in [-0.2, -0.15) is 0 Å².